The topological polar surface area (TPSA) is 54.0 Å². The maximum absolute atomic E-state index is 12.1. The summed E-state index contributed by atoms with van der Waals surface area (Å²) in [4.78, 5) is 16.1. The molecule has 0 saturated carbocycles. The van der Waals surface area contributed by atoms with Crippen LogP contribution in [0.1, 0.15) is 30.1 Å². The van der Waals surface area contributed by atoms with Crippen LogP contribution in [-0.2, 0) is 4.79 Å². The van der Waals surface area contributed by atoms with E-state index >= 15 is 0 Å². The molecule has 0 radical (unpaired) electrons. The van der Waals surface area contributed by atoms with Crippen LogP contribution in [0, 0.1) is 0 Å². The number of halogens is 1. The Morgan fingerprint density at radius 3 is 2.80 bits per heavy atom. The summed E-state index contributed by atoms with van der Waals surface area (Å²) < 4.78 is 0.969. The summed E-state index contributed by atoms with van der Waals surface area (Å²) in [7, 11) is 0. The predicted octanol–water partition coefficient (Wildman–Crippen LogP) is 3.19. The summed E-state index contributed by atoms with van der Waals surface area (Å²) >= 11 is 3.45. The van der Waals surface area contributed by atoms with Crippen LogP contribution >= 0.6 is 15.9 Å². The molecule has 2 N–H and O–H groups in total. The average Bonchev–Trinajstić information content (AvgIpc) is 2.76. The molecule has 1 aromatic heterocycles. The van der Waals surface area contributed by atoms with Crippen molar-refractivity contribution in [1.29, 1.82) is 0 Å². The van der Waals surface area contributed by atoms with Crippen LogP contribution in [0.25, 0.3) is 0 Å². The number of hydrogen-bond donors (Lipinski definition) is 2. The molecule has 0 aliphatic carbocycles. The van der Waals surface area contributed by atoms with Crippen LogP contribution in [0.3, 0.4) is 0 Å². The van der Waals surface area contributed by atoms with Gasteiger partial charge < -0.3 is 5.32 Å². The summed E-state index contributed by atoms with van der Waals surface area (Å²) in [5.74, 6) is -0.0148. The lowest BCUT2D eigenvalue weighted by atomic mass is 10.0. The lowest BCUT2D eigenvalue weighted by Gasteiger charge is -2.18. The number of hydrogen-bond acceptors (Lipinski definition) is 3. The van der Waals surface area contributed by atoms with Gasteiger partial charge in [0.2, 0.25) is 5.91 Å². The van der Waals surface area contributed by atoms with E-state index in [2.05, 4.69) is 31.5 Å². The molecule has 20 heavy (non-hydrogen) atoms. The van der Waals surface area contributed by atoms with Gasteiger partial charge in [0.25, 0.3) is 0 Å². The third-order valence-corrected chi connectivity index (χ3v) is 3.96. The Morgan fingerprint density at radius 1 is 1.30 bits per heavy atom. The van der Waals surface area contributed by atoms with E-state index in [1.165, 1.54) is 0 Å². The van der Waals surface area contributed by atoms with Crippen molar-refractivity contribution >= 4 is 27.5 Å². The number of carbonyl (C=O) groups is 1. The Balaban J connectivity index is 1.85. The summed E-state index contributed by atoms with van der Waals surface area (Å²) in [5.41, 5.74) is 2.96. The maximum Gasteiger partial charge on any atom is 0.246 e. The molecule has 2 unspecified atom stereocenters. The predicted molar refractivity (Wildman–Crippen MR) is 81.3 cm³/mol. The largest absolute Gasteiger partial charge is 0.324 e. The standard InChI is InChI=1S/C15H14BrN3O/c1-9(10-4-6-17-7-5-10)18-14-12-8-11(16)2-3-13(12)19-15(14)20/h2-9,14,18H,1H3,(H,19,20). The van der Waals surface area contributed by atoms with Gasteiger partial charge in [-0.25, -0.2) is 0 Å². The zero-order chi connectivity index (χ0) is 14.1. The smallest absolute Gasteiger partial charge is 0.246 e. The summed E-state index contributed by atoms with van der Waals surface area (Å²) in [6.07, 6.45) is 3.51. The molecule has 1 aromatic carbocycles. The second kappa shape index (κ2) is 5.34. The van der Waals surface area contributed by atoms with Crippen LogP contribution < -0.4 is 10.6 Å². The van der Waals surface area contributed by atoms with Crippen LogP contribution in [0.15, 0.2) is 47.2 Å². The van der Waals surface area contributed by atoms with Gasteiger partial charge in [0.05, 0.1) is 0 Å². The fourth-order valence-corrected chi connectivity index (χ4v) is 2.77. The molecule has 0 fully saturated rings. The minimum Gasteiger partial charge on any atom is -0.324 e. The second-order valence-corrected chi connectivity index (χ2v) is 5.74. The van der Waals surface area contributed by atoms with Gasteiger partial charge >= 0.3 is 0 Å². The van der Waals surface area contributed by atoms with E-state index in [9.17, 15) is 4.79 Å². The molecule has 1 aliphatic heterocycles. The molecule has 102 valence electrons. The number of anilines is 1. The Bertz CT molecular complexity index is 645. The molecule has 4 nitrogen and oxygen atoms in total. The van der Waals surface area contributed by atoms with E-state index in [0.717, 1.165) is 21.3 Å². The third kappa shape index (κ3) is 2.46. The van der Waals surface area contributed by atoms with E-state index in [1.54, 1.807) is 12.4 Å². The van der Waals surface area contributed by atoms with Gasteiger partial charge in [-0.3, -0.25) is 15.1 Å². The van der Waals surface area contributed by atoms with E-state index in [0.29, 0.717) is 0 Å². The van der Waals surface area contributed by atoms with E-state index in [-0.39, 0.29) is 18.0 Å². The zero-order valence-electron chi connectivity index (χ0n) is 10.9. The van der Waals surface area contributed by atoms with E-state index < -0.39 is 0 Å². The fourth-order valence-electron chi connectivity index (χ4n) is 2.40. The van der Waals surface area contributed by atoms with Crippen molar-refractivity contribution in [3.05, 3.63) is 58.3 Å². The first kappa shape index (κ1) is 13.3. The van der Waals surface area contributed by atoms with Crippen LogP contribution in [0.2, 0.25) is 0 Å². The molecule has 2 aromatic rings. The van der Waals surface area contributed by atoms with Crippen molar-refractivity contribution in [2.24, 2.45) is 0 Å². The first-order valence-corrected chi connectivity index (χ1v) is 7.21. The maximum atomic E-state index is 12.1. The molecule has 2 atom stereocenters. The molecule has 5 heteroatoms. The van der Waals surface area contributed by atoms with Crippen molar-refractivity contribution in [1.82, 2.24) is 10.3 Å². The molecule has 3 rings (SSSR count). The number of amides is 1. The Kier molecular flexibility index (Phi) is 3.54. The number of fused-ring (bicyclic) bond motifs is 1. The van der Waals surface area contributed by atoms with Gasteiger partial charge in [-0.2, -0.15) is 0 Å². The molecule has 2 heterocycles. The summed E-state index contributed by atoms with van der Waals surface area (Å²) in [6.45, 7) is 2.04. The van der Waals surface area contributed by atoms with Gasteiger partial charge in [-0.1, -0.05) is 15.9 Å². The SMILES string of the molecule is CC(NC1C(=O)Nc2ccc(Br)cc21)c1ccncc1. The molecule has 0 saturated heterocycles. The summed E-state index contributed by atoms with van der Waals surface area (Å²) in [6, 6.07) is 9.46. The average molecular weight is 332 g/mol. The van der Waals surface area contributed by atoms with Crippen molar-refractivity contribution in [3.8, 4) is 0 Å². The second-order valence-electron chi connectivity index (χ2n) is 4.82. The van der Waals surface area contributed by atoms with Crippen molar-refractivity contribution in [3.63, 3.8) is 0 Å². The van der Waals surface area contributed by atoms with E-state index in [4.69, 9.17) is 0 Å². The molecular formula is C15H14BrN3O. The number of benzene rings is 1. The number of nitrogens with zero attached hydrogens (tertiary/aromatic N) is 1. The first-order chi connectivity index (χ1) is 9.65. The normalized spacial score (nSPS) is 18.5. The van der Waals surface area contributed by atoms with Crippen LogP contribution in [0.5, 0.6) is 0 Å². The van der Waals surface area contributed by atoms with Crippen LogP contribution in [0.4, 0.5) is 5.69 Å². The number of nitrogens with one attached hydrogen (secondary N) is 2. The highest BCUT2D eigenvalue weighted by Crippen LogP contribution is 2.34. The Morgan fingerprint density at radius 2 is 2.05 bits per heavy atom. The van der Waals surface area contributed by atoms with Crippen molar-refractivity contribution in [2.45, 2.75) is 19.0 Å². The highest BCUT2D eigenvalue weighted by Gasteiger charge is 2.31. The van der Waals surface area contributed by atoms with Gasteiger partial charge in [0, 0.05) is 34.2 Å². The lowest BCUT2D eigenvalue weighted by Crippen LogP contribution is -2.29. The molecule has 0 bridgehead atoms. The monoisotopic (exact) mass is 331 g/mol. The van der Waals surface area contributed by atoms with Crippen molar-refractivity contribution < 1.29 is 4.79 Å². The molecule has 0 spiro atoms. The molecular weight excluding hydrogens is 318 g/mol. The van der Waals surface area contributed by atoms with E-state index in [1.807, 2.05) is 37.3 Å². The zero-order valence-corrected chi connectivity index (χ0v) is 12.5. The van der Waals surface area contributed by atoms with Gasteiger partial charge in [0.1, 0.15) is 6.04 Å². The summed E-state index contributed by atoms with van der Waals surface area (Å²) in [5, 5.41) is 6.26. The highest BCUT2D eigenvalue weighted by atomic mass is 79.9. The van der Waals surface area contributed by atoms with Gasteiger partial charge in [-0.15, -0.1) is 0 Å². The van der Waals surface area contributed by atoms with Crippen LogP contribution in [-0.4, -0.2) is 10.9 Å². The minimum absolute atomic E-state index is 0.0148. The Hall–Kier alpha value is -1.72. The minimum atomic E-state index is -0.328. The quantitative estimate of drug-likeness (QED) is 0.908. The number of pyridine rings is 1. The highest BCUT2D eigenvalue weighted by molar-refractivity contribution is 9.10. The number of aromatic nitrogens is 1. The first-order valence-electron chi connectivity index (χ1n) is 6.41. The number of rotatable bonds is 3. The Labute approximate surface area is 125 Å². The fraction of sp³-hybridized carbons (Fsp3) is 0.200. The molecule has 1 amide bonds. The number of carbonyl (C=O) groups excluding carboxylic acids is 1. The molecule has 1 aliphatic rings. The van der Waals surface area contributed by atoms with Gasteiger partial charge in [-0.05, 0) is 42.8 Å². The van der Waals surface area contributed by atoms with Gasteiger partial charge in [0.15, 0.2) is 0 Å². The van der Waals surface area contributed by atoms with Crippen molar-refractivity contribution in [2.75, 3.05) is 5.32 Å². The third-order valence-electron chi connectivity index (χ3n) is 3.47. The lowest BCUT2D eigenvalue weighted by molar-refractivity contribution is -0.117.